The Hall–Kier alpha value is -1.59. The standard InChI is InChI=1S/C14H19ClN2O3/c1-2-8-17(10-14(19)20)9-7-13(18)16-12-6-4-3-5-11(12)15/h3-6H,2,7-10H2,1H3,(H,16,18)(H,19,20). The largest absolute Gasteiger partial charge is 0.480 e. The lowest BCUT2D eigenvalue weighted by Gasteiger charge is -2.19. The van der Waals surface area contributed by atoms with Gasteiger partial charge < -0.3 is 10.4 Å². The highest BCUT2D eigenvalue weighted by atomic mass is 35.5. The molecular weight excluding hydrogens is 280 g/mol. The predicted octanol–water partition coefficient (Wildman–Crippen LogP) is 2.47. The Balaban J connectivity index is 2.45. The lowest BCUT2D eigenvalue weighted by Crippen LogP contribution is -2.33. The third-order valence-electron chi connectivity index (χ3n) is 2.70. The number of carbonyl (C=O) groups is 2. The van der Waals surface area contributed by atoms with Crippen LogP contribution in [0.15, 0.2) is 24.3 Å². The van der Waals surface area contributed by atoms with Crippen molar-refractivity contribution in [2.24, 2.45) is 0 Å². The molecule has 1 aromatic carbocycles. The Morgan fingerprint density at radius 2 is 2.00 bits per heavy atom. The van der Waals surface area contributed by atoms with Crippen molar-refractivity contribution in [2.75, 3.05) is 25.0 Å². The molecule has 0 aromatic heterocycles. The third-order valence-corrected chi connectivity index (χ3v) is 3.03. The summed E-state index contributed by atoms with van der Waals surface area (Å²) in [6.45, 7) is 2.99. The minimum Gasteiger partial charge on any atom is -0.480 e. The van der Waals surface area contributed by atoms with Gasteiger partial charge in [0.05, 0.1) is 17.3 Å². The molecule has 0 saturated heterocycles. The third kappa shape index (κ3) is 6.04. The zero-order valence-electron chi connectivity index (χ0n) is 11.4. The number of amides is 1. The summed E-state index contributed by atoms with van der Waals surface area (Å²) in [7, 11) is 0. The number of carboxylic acids is 1. The van der Waals surface area contributed by atoms with Crippen molar-refractivity contribution in [3.05, 3.63) is 29.3 Å². The van der Waals surface area contributed by atoms with Crippen LogP contribution in [0.3, 0.4) is 0 Å². The average molecular weight is 299 g/mol. The first kappa shape index (κ1) is 16.5. The zero-order chi connectivity index (χ0) is 15.0. The fourth-order valence-corrected chi connectivity index (χ4v) is 2.00. The SMILES string of the molecule is CCCN(CCC(=O)Nc1ccccc1Cl)CC(=O)O. The number of aliphatic carboxylic acids is 1. The van der Waals surface area contributed by atoms with Gasteiger partial charge in [-0.25, -0.2) is 0 Å². The summed E-state index contributed by atoms with van der Waals surface area (Å²) in [5.74, 6) is -1.06. The van der Waals surface area contributed by atoms with Crippen molar-refractivity contribution in [1.82, 2.24) is 4.90 Å². The maximum Gasteiger partial charge on any atom is 0.317 e. The number of para-hydroxylation sites is 1. The second-order valence-electron chi connectivity index (χ2n) is 4.45. The molecule has 1 aromatic rings. The average Bonchev–Trinajstić information content (AvgIpc) is 2.38. The van der Waals surface area contributed by atoms with Crippen molar-refractivity contribution < 1.29 is 14.7 Å². The molecule has 2 N–H and O–H groups in total. The highest BCUT2D eigenvalue weighted by Gasteiger charge is 2.11. The van der Waals surface area contributed by atoms with Gasteiger partial charge >= 0.3 is 5.97 Å². The summed E-state index contributed by atoms with van der Waals surface area (Å²) >= 11 is 5.95. The molecule has 0 spiro atoms. The van der Waals surface area contributed by atoms with Gasteiger partial charge in [-0.1, -0.05) is 30.7 Å². The van der Waals surface area contributed by atoms with Crippen molar-refractivity contribution in [3.63, 3.8) is 0 Å². The predicted molar refractivity (Wildman–Crippen MR) is 79.1 cm³/mol. The van der Waals surface area contributed by atoms with E-state index in [2.05, 4.69) is 5.32 Å². The van der Waals surface area contributed by atoms with Crippen molar-refractivity contribution in [1.29, 1.82) is 0 Å². The van der Waals surface area contributed by atoms with Crippen molar-refractivity contribution in [3.8, 4) is 0 Å². The zero-order valence-corrected chi connectivity index (χ0v) is 12.2. The number of carbonyl (C=O) groups excluding carboxylic acids is 1. The Morgan fingerprint density at radius 3 is 2.60 bits per heavy atom. The maximum absolute atomic E-state index is 11.8. The smallest absolute Gasteiger partial charge is 0.317 e. The Kier molecular flexibility index (Phi) is 7.04. The maximum atomic E-state index is 11.8. The fraction of sp³-hybridized carbons (Fsp3) is 0.429. The van der Waals surface area contributed by atoms with Crippen molar-refractivity contribution >= 4 is 29.2 Å². The van der Waals surface area contributed by atoms with E-state index in [0.717, 1.165) is 6.42 Å². The second kappa shape index (κ2) is 8.55. The molecule has 0 bridgehead atoms. The summed E-state index contributed by atoms with van der Waals surface area (Å²) in [5, 5.41) is 12.0. The van der Waals surface area contributed by atoms with E-state index in [-0.39, 0.29) is 18.9 Å². The van der Waals surface area contributed by atoms with Crippen LogP contribution in [0.25, 0.3) is 0 Å². The highest BCUT2D eigenvalue weighted by molar-refractivity contribution is 6.33. The molecule has 0 saturated carbocycles. The fourth-order valence-electron chi connectivity index (χ4n) is 1.81. The van der Waals surface area contributed by atoms with Gasteiger partial charge in [0.1, 0.15) is 0 Å². The highest BCUT2D eigenvalue weighted by Crippen LogP contribution is 2.20. The van der Waals surface area contributed by atoms with E-state index in [4.69, 9.17) is 16.7 Å². The van der Waals surface area contributed by atoms with E-state index in [0.29, 0.717) is 23.8 Å². The molecule has 0 heterocycles. The number of benzene rings is 1. The molecular formula is C14H19ClN2O3. The summed E-state index contributed by atoms with van der Waals surface area (Å²) < 4.78 is 0. The van der Waals surface area contributed by atoms with Crippen LogP contribution in [0, 0.1) is 0 Å². The summed E-state index contributed by atoms with van der Waals surface area (Å²) in [6, 6.07) is 7.00. The van der Waals surface area contributed by atoms with E-state index in [1.807, 2.05) is 6.92 Å². The minimum absolute atomic E-state index is 0.0484. The summed E-state index contributed by atoms with van der Waals surface area (Å²) in [6.07, 6.45) is 1.08. The molecule has 110 valence electrons. The van der Waals surface area contributed by atoms with Crippen LogP contribution in [-0.2, 0) is 9.59 Å². The molecule has 20 heavy (non-hydrogen) atoms. The number of rotatable bonds is 8. The lowest BCUT2D eigenvalue weighted by atomic mass is 10.3. The topological polar surface area (TPSA) is 69.6 Å². The van der Waals surface area contributed by atoms with Gasteiger partial charge in [0, 0.05) is 13.0 Å². The van der Waals surface area contributed by atoms with Gasteiger partial charge in [0.25, 0.3) is 0 Å². The van der Waals surface area contributed by atoms with Gasteiger partial charge in [-0.05, 0) is 25.1 Å². The van der Waals surface area contributed by atoms with Gasteiger partial charge in [-0.2, -0.15) is 0 Å². The number of anilines is 1. The number of halogens is 1. The normalized spacial score (nSPS) is 10.6. The molecule has 5 nitrogen and oxygen atoms in total. The van der Waals surface area contributed by atoms with Gasteiger partial charge in [0.2, 0.25) is 5.91 Å². The molecule has 1 amide bonds. The molecule has 0 aliphatic heterocycles. The van der Waals surface area contributed by atoms with Crippen LogP contribution >= 0.6 is 11.6 Å². The molecule has 0 atom stereocenters. The monoisotopic (exact) mass is 298 g/mol. The second-order valence-corrected chi connectivity index (χ2v) is 4.86. The molecule has 0 aliphatic rings. The van der Waals surface area contributed by atoms with E-state index < -0.39 is 5.97 Å². The number of hydrogen-bond donors (Lipinski definition) is 2. The van der Waals surface area contributed by atoms with E-state index in [1.54, 1.807) is 29.2 Å². The van der Waals surface area contributed by atoms with Crippen LogP contribution in [0.4, 0.5) is 5.69 Å². The lowest BCUT2D eigenvalue weighted by molar-refractivity contribution is -0.138. The molecule has 0 radical (unpaired) electrons. The number of nitrogens with one attached hydrogen (secondary N) is 1. The van der Waals surface area contributed by atoms with Gasteiger partial charge in [0.15, 0.2) is 0 Å². The first-order chi connectivity index (χ1) is 9.52. The molecule has 0 aliphatic carbocycles. The quantitative estimate of drug-likeness (QED) is 0.773. The van der Waals surface area contributed by atoms with Crippen LogP contribution in [0.2, 0.25) is 5.02 Å². The van der Waals surface area contributed by atoms with Crippen LogP contribution in [-0.4, -0.2) is 41.5 Å². The molecule has 0 unspecified atom stereocenters. The van der Waals surface area contributed by atoms with Gasteiger partial charge in [-0.15, -0.1) is 0 Å². The molecule has 1 rings (SSSR count). The van der Waals surface area contributed by atoms with Gasteiger partial charge in [-0.3, -0.25) is 14.5 Å². The number of nitrogens with zero attached hydrogens (tertiary/aromatic N) is 1. The molecule has 0 fully saturated rings. The van der Waals surface area contributed by atoms with E-state index in [9.17, 15) is 9.59 Å². The van der Waals surface area contributed by atoms with Crippen LogP contribution < -0.4 is 5.32 Å². The summed E-state index contributed by atoms with van der Waals surface area (Å²) in [4.78, 5) is 24.3. The Morgan fingerprint density at radius 1 is 1.30 bits per heavy atom. The first-order valence-electron chi connectivity index (χ1n) is 6.51. The number of hydrogen-bond acceptors (Lipinski definition) is 3. The minimum atomic E-state index is -0.884. The molecule has 6 heteroatoms. The van der Waals surface area contributed by atoms with E-state index >= 15 is 0 Å². The van der Waals surface area contributed by atoms with Crippen LogP contribution in [0.5, 0.6) is 0 Å². The summed E-state index contributed by atoms with van der Waals surface area (Å²) in [5.41, 5.74) is 0.569. The van der Waals surface area contributed by atoms with E-state index in [1.165, 1.54) is 0 Å². The van der Waals surface area contributed by atoms with Crippen molar-refractivity contribution in [2.45, 2.75) is 19.8 Å². The Bertz CT molecular complexity index is 465. The number of carboxylic acid groups (broad SMARTS) is 1. The van der Waals surface area contributed by atoms with Crippen LogP contribution in [0.1, 0.15) is 19.8 Å². The first-order valence-corrected chi connectivity index (χ1v) is 6.89. The Labute approximate surface area is 123 Å².